The van der Waals surface area contributed by atoms with Crippen LogP contribution in [0.3, 0.4) is 0 Å². The maximum atomic E-state index is 14.2. The largest absolute Gasteiger partial charge is 0.479 e. The summed E-state index contributed by atoms with van der Waals surface area (Å²) in [6.07, 6.45) is -1.34. The third-order valence-corrected chi connectivity index (χ3v) is 5.36. The van der Waals surface area contributed by atoms with E-state index in [1.807, 2.05) is 0 Å². The monoisotopic (exact) mass is 427 g/mol. The maximum absolute atomic E-state index is 14.2. The Kier molecular flexibility index (Phi) is 6.86. The number of alkyl carbamates (subject to hydrolysis) is 1. The molecule has 0 aromatic heterocycles. The quantitative estimate of drug-likeness (QED) is 0.671. The van der Waals surface area contributed by atoms with Gasteiger partial charge < -0.3 is 19.9 Å². The van der Waals surface area contributed by atoms with Gasteiger partial charge in [0.2, 0.25) is 0 Å². The van der Waals surface area contributed by atoms with E-state index in [2.05, 4.69) is 5.32 Å². The minimum Gasteiger partial charge on any atom is -0.479 e. The van der Waals surface area contributed by atoms with Gasteiger partial charge in [-0.2, -0.15) is 0 Å². The van der Waals surface area contributed by atoms with E-state index < -0.39 is 58.0 Å². The first kappa shape index (κ1) is 23.7. The van der Waals surface area contributed by atoms with E-state index in [0.29, 0.717) is 6.07 Å². The van der Waals surface area contributed by atoms with Gasteiger partial charge in [-0.3, -0.25) is 4.79 Å². The van der Waals surface area contributed by atoms with Crippen LogP contribution in [-0.2, 0) is 14.3 Å². The van der Waals surface area contributed by atoms with Crippen molar-refractivity contribution in [1.82, 2.24) is 5.32 Å². The molecule has 30 heavy (non-hydrogen) atoms. The van der Waals surface area contributed by atoms with Gasteiger partial charge in [-0.25, -0.2) is 18.4 Å². The molecule has 1 aliphatic rings. The lowest BCUT2D eigenvalue weighted by Crippen LogP contribution is -2.66. The fourth-order valence-corrected chi connectivity index (χ4v) is 3.57. The van der Waals surface area contributed by atoms with Crippen LogP contribution in [0.2, 0.25) is 0 Å². The van der Waals surface area contributed by atoms with E-state index in [-0.39, 0.29) is 26.1 Å². The molecule has 9 heteroatoms. The van der Waals surface area contributed by atoms with Crippen molar-refractivity contribution in [2.75, 3.05) is 13.2 Å². The Morgan fingerprint density at radius 2 is 1.80 bits per heavy atom. The molecule has 1 aromatic rings. The Hall–Kier alpha value is -2.55. The van der Waals surface area contributed by atoms with Gasteiger partial charge >= 0.3 is 12.1 Å². The number of carboxylic acid groups (broad SMARTS) is 1. The molecule has 1 unspecified atom stereocenters. The molecule has 1 atom stereocenters. The molecule has 1 amide bonds. The van der Waals surface area contributed by atoms with Crippen LogP contribution in [0.4, 0.5) is 13.6 Å². The summed E-state index contributed by atoms with van der Waals surface area (Å²) in [6.45, 7) is 6.90. The summed E-state index contributed by atoms with van der Waals surface area (Å²) < 4.78 is 38.3. The molecule has 7 nitrogen and oxygen atoms in total. The van der Waals surface area contributed by atoms with Crippen LogP contribution in [0.5, 0.6) is 0 Å². The summed E-state index contributed by atoms with van der Waals surface area (Å²) in [5.74, 6) is -4.23. The van der Waals surface area contributed by atoms with Gasteiger partial charge in [-0.05, 0) is 51.8 Å². The number of hydrogen-bond donors (Lipinski definition) is 2. The molecule has 1 aromatic carbocycles. The zero-order chi connectivity index (χ0) is 22.7. The predicted molar refractivity (Wildman–Crippen MR) is 103 cm³/mol. The van der Waals surface area contributed by atoms with Crippen LogP contribution in [0, 0.1) is 17.0 Å². The molecule has 2 N–H and O–H groups in total. The lowest BCUT2D eigenvalue weighted by atomic mass is 9.63. The van der Waals surface area contributed by atoms with Crippen molar-refractivity contribution in [2.45, 2.75) is 58.1 Å². The van der Waals surface area contributed by atoms with E-state index >= 15 is 0 Å². The van der Waals surface area contributed by atoms with Crippen LogP contribution in [-0.4, -0.2) is 47.3 Å². The Balaban J connectivity index is 2.50. The average Bonchev–Trinajstić information content (AvgIpc) is 2.61. The number of ketones is 1. The van der Waals surface area contributed by atoms with Crippen LogP contribution < -0.4 is 5.32 Å². The molecular weight excluding hydrogens is 400 g/mol. The molecule has 1 heterocycles. The van der Waals surface area contributed by atoms with Gasteiger partial charge in [0.25, 0.3) is 0 Å². The molecule has 0 bridgehead atoms. The highest BCUT2D eigenvalue weighted by Crippen LogP contribution is 2.44. The lowest BCUT2D eigenvalue weighted by molar-refractivity contribution is -0.155. The van der Waals surface area contributed by atoms with E-state index in [1.165, 1.54) is 0 Å². The molecule has 166 valence electrons. The van der Waals surface area contributed by atoms with Gasteiger partial charge in [-0.1, -0.05) is 6.92 Å². The van der Waals surface area contributed by atoms with Crippen LogP contribution in [0.1, 0.15) is 57.3 Å². The van der Waals surface area contributed by atoms with Crippen LogP contribution in [0.15, 0.2) is 18.2 Å². The minimum absolute atomic E-state index is 0.226. The number of aliphatic carboxylic acids is 1. The fourth-order valence-electron chi connectivity index (χ4n) is 3.57. The SMILES string of the molecule is CC(C)(C)OC(=O)NC(CC(=O)c1cc(F)ccc1F)(C(=O)O)C1(C)CCOCC1. The highest BCUT2D eigenvalue weighted by Gasteiger charge is 2.57. The number of nitrogens with one attached hydrogen (secondary N) is 1. The van der Waals surface area contributed by atoms with E-state index in [0.717, 1.165) is 12.1 Å². The van der Waals surface area contributed by atoms with Gasteiger partial charge in [0, 0.05) is 25.0 Å². The zero-order valence-electron chi connectivity index (χ0n) is 17.5. The molecular formula is C21H27F2NO6. The first-order valence-corrected chi connectivity index (χ1v) is 9.60. The summed E-state index contributed by atoms with van der Waals surface area (Å²) in [5.41, 5.74) is -4.71. The molecule has 0 aliphatic carbocycles. The molecule has 1 aliphatic heterocycles. The predicted octanol–water partition coefficient (Wildman–Crippen LogP) is 3.70. The van der Waals surface area contributed by atoms with Crippen molar-refractivity contribution in [3.05, 3.63) is 35.4 Å². The van der Waals surface area contributed by atoms with Crippen LogP contribution >= 0.6 is 0 Å². The second-order valence-electron chi connectivity index (χ2n) is 8.73. The van der Waals surface area contributed by atoms with Gasteiger partial charge in [0.15, 0.2) is 11.3 Å². The normalized spacial score (nSPS) is 18.2. The summed E-state index contributed by atoms with van der Waals surface area (Å²) >= 11 is 0. The average molecular weight is 427 g/mol. The standard InChI is InChI=1S/C21H27F2NO6/c1-19(2,3)30-18(28)24-21(17(26)27,20(4)7-9-29-10-8-20)12-16(25)14-11-13(22)5-6-15(14)23/h5-6,11H,7-10,12H2,1-4H3,(H,24,28)(H,26,27). The first-order valence-electron chi connectivity index (χ1n) is 9.60. The van der Waals surface area contributed by atoms with Crippen molar-refractivity contribution in [1.29, 1.82) is 0 Å². The second kappa shape index (κ2) is 8.67. The Morgan fingerprint density at radius 3 is 2.33 bits per heavy atom. The molecule has 1 saturated heterocycles. The van der Waals surface area contributed by atoms with E-state index in [4.69, 9.17) is 9.47 Å². The molecule has 2 rings (SSSR count). The number of rotatable bonds is 6. The summed E-state index contributed by atoms with van der Waals surface area (Å²) in [7, 11) is 0. The molecule has 0 radical (unpaired) electrons. The highest BCUT2D eigenvalue weighted by molar-refractivity contribution is 6.01. The number of hydrogen-bond acceptors (Lipinski definition) is 5. The van der Waals surface area contributed by atoms with E-state index in [1.54, 1.807) is 27.7 Å². The topological polar surface area (TPSA) is 102 Å². The summed E-state index contributed by atoms with van der Waals surface area (Å²) in [6, 6.07) is 2.36. The minimum atomic E-state index is -2.12. The number of ether oxygens (including phenoxy) is 2. The zero-order valence-corrected chi connectivity index (χ0v) is 17.5. The van der Waals surface area contributed by atoms with E-state index in [9.17, 15) is 28.3 Å². The van der Waals surface area contributed by atoms with Gasteiger partial charge in [-0.15, -0.1) is 0 Å². The number of carbonyl (C=O) groups excluding carboxylic acids is 2. The molecule has 0 spiro atoms. The highest BCUT2D eigenvalue weighted by atomic mass is 19.1. The number of halogens is 2. The summed E-state index contributed by atoms with van der Waals surface area (Å²) in [4.78, 5) is 37.9. The van der Waals surface area contributed by atoms with Crippen molar-refractivity contribution in [3.8, 4) is 0 Å². The van der Waals surface area contributed by atoms with Crippen molar-refractivity contribution < 1.29 is 37.7 Å². The smallest absolute Gasteiger partial charge is 0.408 e. The Morgan fingerprint density at radius 1 is 1.20 bits per heavy atom. The van der Waals surface area contributed by atoms with Crippen molar-refractivity contribution in [3.63, 3.8) is 0 Å². The number of carbonyl (C=O) groups is 3. The van der Waals surface area contributed by atoms with Gasteiger partial charge in [0.05, 0.1) is 5.56 Å². The number of carboxylic acids is 1. The van der Waals surface area contributed by atoms with Crippen molar-refractivity contribution in [2.24, 2.45) is 5.41 Å². The van der Waals surface area contributed by atoms with Gasteiger partial charge in [0.1, 0.15) is 17.2 Å². The Bertz CT molecular complexity index is 829. The third kappa shape index (κ3) is 5.13. The number of benzene rings is 1. The summed E-state index contributed by atoms with van der Waals surface area (Å²) in [5, 5.41) is 12.6. The molecule has 0 saturated carbocycles. The number of Topliss-reactive ketones (excluding diaryl/α,β-unsaturated/α-hetero) is 1. The lowest BCUT2D eigenvalue weighted by Gasteiger charge is -2.47. The van der Waals surface area contributed by atoms with Crippen molar-refractivity contribution >= 4 is 17.8 Å². The number of amides is 1. The second-order valence-corrected chi connectivity index (χ2v) is 8.73. The fraction of sp³-hybridized carbons (Fsp3) is 0.571. The first-order chi connectivity index (χ1) is 13.8. The Labute approximate surface area is 173 Å². The third-order valence-electron chi connectivity index (χ3n) is 5.36. The maximum Gasteiger partial charge on any atom is 0.408 e. The molecule has 1 fully saturated rings. The van der Waals surface area contributed by atoms with Crippen LogP contribution in [0.25, 0.3) is 0 Å².